The Hall–Kier alpha value is -3.07. The topological polar surface area (TPSA) is 115 Å². The molecular formula is C21H24N4O4S. The molecular weight excluding hydrogens is 404 g/mol. The van der Waals surface area contributed by atoms with Crippen molar-refractivity contribution in [3.63, 3.8) is 0 Å². The third-order valence-corrected chi connectivity index (χ3v) is 6.03. The van der Waals surface area contributed by atoms with Crippen LogP contribution < -0.4 is 11.1 Å². The maximum Gasteiger partial charge on any atom is 0.331 e. The number of hydrogen-bond donors (Lipinski definition) is 2. The number of hydrogen-bond acceptors (Lipinski definition) is 7. The van der Waals surface area contributed by atoms with E-state index in [1.165, 1.54) is 11.8 Å². The number of anilines is 1. The highest BCUT2D eigenvalue weighted by Gasteiger charge is 2.55. The van der Waals surface area contributed by atoms with Gasteiger partial charge in [0.1, 0.15) is 11.1 Å². The van der Waals surface area contributed by atoms with Gasteiger partial charge in [0, 0.05) is 11.9 Å². The molecule has 3 rings (SSSR count). The molecule has 3 N–H and O–H groups in total. The van der Waals surface area contributed by atoms with Gasteiger partial charge in [-0.3, -0.25) is 4.79 Å². The molecule has 2 heterocycles. The Labute approximate surface area is 179 Å². The number of imide groups is 1. The number of pyridine rings is 1. The summed E-state index contributed by atoms with van der Waals surface area (Å²) in [5.41, 5.74) is 7.46. The van der Waals surface area contributed by atoms with Gasteiger partial charge in [0.2, 0.25) is 5.91 Å². The van der Waals surface area contributed by atoms with E-state index in [4.69, 9.17) is 10.5 Å². The van der Waals surface area contributed by atoms with Crippen molar-refractivity contribution >= 4 is 35.5 Å². The molecule has 2 aromatic rings. The van der Waals surface area contributed by atoms with Crippen LogP contribution >= 0.6 is 11.8 Å². The largest absolute Gasteiger partial charge is 0.464 e. The third-order valence-electron chi connectivity index (χ3n) is 4.71. The lowest BCUT2D eigenvalue weighted by atomic mass is 10.0. The second kappa shape index (κ2) is 9.62. The van der Waals surface area contributed by atoms with Gasteiger partial charge < -0.3 is 15.8 Å². The van der Waals surface area contributed by atoms with Gasteiger partial charge in [0.25, 0.3) is 0 Å². The lowest BCUT2D eigenvalue weighted by Gasteiger charge is -2.43. The molecule has 0 aliphatic carbocycles. The molecule has 3 amide bonds. The summed E-state index contributed by atoms with van der Waals surface area (Å²) in [5, 5.41) is 2.08. The molecule has 9 heteroatoms. The summed E-state index contributed by atoms with van der Waals surface area (Å²) in [6.07, 6.45) is 1.58. The number of benzene rings is 1. The zero-order chi connectivity index (χ0) is 21.7. The molecule has 1 saturated heterocycles. The summed E-state index contributed by atoms with van der Waals surface area (Å²) >= 11 is 1.28. The van der Waals surface area contributed by atoms with Crippen LogP contribution in [-0.4, -0.2) is 45.7 Å². The lowest BCUT2D eigenvalue weighted by molar-refractivity contribution is -0.160. The minimum absolute atomic E-state index is 0.164. The molecule has 0 bridgehead atoms. The first-order chi connectivity index (χ1) is 14.4. The normalized spacial score (nSPS) is 19.0. The van der Waals surface area contributed by atoms with Crippen molar-refractivity contribution in [2.45, 2.75) is 36.9 Å². The summed E-state index contributed by atoms with van der Waals surface area (Å²) in [6.45, 7) is 3.66. The van der Waals surface area contributed by atoms with Crippen molar-refractivity contribution in [2.24, 2.45) is 0 Å². The summed E-state index contributed by atoms with van der Waals surface area (Å²) in [7, 11) is 0. The van der Waals surface area contributed by atoms with Crippen molar-refractivity contribution in [1.29, 1.82) is 0 Å². The molecule has 0 unspecified atom stereocenters. The summed E-state index contributed by atoms with van der Waals surface area (Å²) in [5.74, 6) is -0.176. The second-order valence-electron chi connectivity index (χ2n) is 6.81. The van der Waals surface area contributed by atoms with E-state index >= 15 is 0 Å². The van der Waals surface area contributed by atoms with Crippen molar-refractivity contribution < 1.29 is 19.1 Å². The predicted molar refractivity (Wildman–Crippen MR) is 114 cm³/mol. The number of urea groups is 1. The van der Waals surface area contributed by atoms with Crippen LogP contribution in [0.5, 0.6) is 0 Å². The molecule has 0 spiro atoms. The van der Waals surface area contributed by atoms with Crippen LogP contribution in [-0.2, 0) is 20.1 Å². The Balaban J connectivity index is 1.69. The van der Waals surface area contributed by atoms with Gasteiger partial charge in [-0.25, -0.2) is 19.5 Å². The molecule has 1 aliphatic heterocycles. The molecule has 1 fully saturated rings. The summed E-state index contributed by atoms with van der Waals surface area (Å²) < 4.78 is 5.11. The molecule has 30 heavy (non-hydrogen) atoms. The number of carbonyl (C=O) groups is 3. The first-order valence-electron chi connectivity index (χ1n) is 9.59. The number of nitrogens with two attached hydrogens (primary N) is 1. The van der Waals surface area contributed by atoms with Gasteiger partial charge in [-0.1, -0.05) is 30.3 Å². The van der Waals surface area contributed by atoms with Gasteiger partial charge in [-0.2, -0.15) is 0 Å². The Morgan fingerprint density at radius 2 is 2.03 bits per heavy atom. The number of amides is 3. The van der Waals surface area contributed by atoms with E-state index in [1.807, 2.05) is 37.3 Å². The quantitative estimate of drug-likeness (QED) is 0.514. The van der Waals surface area contributed by atoms with E-state index in [9.17, 15) is 14.4 Å². The van der Waals surface area contributed by atoms with Crippen molar-refractivity contribution in [2.75, 3.05) is 12.3 Å². The number of nitrogen functional groups attached to an aromatic ring is 1. The fraction of sp³-hybridized carbons (Fsp3) is 0.333. The Bertz CT molecular complexity index is 924. The molecule has 1 aromatic heterocycles. The van der Waals surface area contributed by atoms with Crippen LogP contribution in [0.25, 0.3) is 0 Å². The number of aromatic nitrogens is 1. The number of thioether (sulfide) groups is 1. The summed E-state index contributed by atoms with van der Waals surface area (Å²) in [6, 6.07) is 11.0. The highest BCUT2D eigenvalue weighted by Crippen LogP contribution is 2.34. The molecule has 0 saturated carbocycles. The number of carbonyl (C=O) groups excluding carboxylic acids is 3. The second-order valence-corrected chi connectivity index (χ2v) is 7.94. The number of nitrogens with one attached hydrogen (secondary N) is 1. The van der Waals surface area contributed by atoms with E-state index in [0.717, 1.165) is 16.0 Å². The maximum atomic E-state index is 12.8. The van der Waals surface area contributed by atoms with E-state index < -0.39 is 29.2 Å². The van der Waals surface area contributed by atoms with Gasteiger partial charge in [-0.15, -0.1) is 11.8 Å². The third kappa shape index (κ3) is 4.73. The van der Waals surface area contributed by atoms with Crippen LogP contribution in [0.4, 0.5) is 10.6 Å². The van der Waals surface area contributed by atoms with Gasteiger partial charge in [0.15, 0.2) is 6.04 Å². The Morgan fingerprint density at radius 3 is 2.70 bits per heavy atom. The highest BCUT2D eigenvalue weighted by molar-refractivity contribution is 8.00. The van der Waals surface area contributed by atoms with E-state index in [-0.39, 0.29) is 12.6 Å². The van der Waals surface area contributed by atoms with Crippen molar-refractivity contribution in [3.8, 4) is 0 Å². The SMILES string of the molecule is CCOC(=O)[C@@H]1[C@@H](SCc2ccnc(N)c2)C(=O)N1C(=O)N[C@H](C)c1ccccc1. The van der Waals surface area contributed by atoms with Gasteiger partial charge in [-0.05, 0) is 37.1 Å². The van der Waals surface area contributed by atoms with E-state index in [2.05, 4.69) is 10.3 Å². The minimum atomic E-state index is -0.968. The smallest absolute Gasteiger partial charge is 0.331 e. The average Bonchev–Trinajstić information content (AvgIpc) is 2.72. The number of nitrogens with zero attached hydrogens (tertiary/aromatic N) is 2. The molecule has 0 radical (unpaired) electrons. The first kappa shape index (κ1) is 21.6. The monoisotopic (exact) mass is 428 g/mol. The molecule has 8 nitrogen and oxygen atoms in total. The van der Waals surface area contributed by atoms with Crippen LogP contribution in [0.1, 0.15) is 31.0 Å². The molecule has 1 aromatic carbocycles. The van der Waals surface area contributed by atoms with E-state index in [0.29, 0.717) is 11.6 Å². The zero-order valence-electron chi connectivity index (χ0n) is 16.8. The predicted octanol–water partition coefficient (Wildman–Crippen LogP) is 2.51. The van der Waals surface area contributed by atoms with Crippen LogP contribution in [0.3, 0.4) is 0 Å². The summed E-state index contributed by atoms with van der Waals surface area (Å²) in [4.78, 5) is 42.9. The molecule has 3 atom stereocenters. The van der Waals surface area contributed by atoms with Crippen LogP contribution in [0.2, 0.25) is 0 Å². The van der Waals surface area contributed by atoms with E-state index in [1.54, 1.807) is 25.3 Å². The number of likely N-dealkylation sites (tertiary alicyclic amines) is 1. The Kier molecular flexibility index (Phi) is 6.94. The molecule has 158 valence electrons. The average molecular weight is 429 g/mol. The van der Waals surface area contributed by atoms with Crippen LogP contribution in [0.15, 0.2) is 48.7 Å². The molecule has 1 aliphatic rings. The fourth-order valence-electron chi connectivity index (χ4n) is 3.16. The van der Waals surface area contributed by atoms with Crippen molar-refractivity contribution in [1.82, 2.24) is 15.2 Å². The van der Waals surface area contributed by atoms with Crippen LogP contribution in [0, 0.1) is 0 Å². The number of rotatable bonds is 7. The number of esters is 1. The zero-order valence-corrected chi connectivity index (χ0v) is 17.6. The number of β-lactam (4-membered cyclic amide) rings is 1. The Morgan fingerprint density at radius 1 is 1.30 bits per heavy atom. The number of ether oxygens (including phenoxy) is 1. The lowest BCUT2D eigenvalue weighted by Crippen LogP contribution is -2.70. The first-order valence-corrected chi connectivity index (χ1v) is 10.6. The standard InChI is InChI=1S/C21H24N4O4S/c1-3-29-20(27)17-18(30-12-14-9-10-23-16(22)11-14)19(26)25(17)21(28)24-13(2)15-7-5-4-6-8-15/h4-11,13,17-18H,3,12H2,1-2H3,(H2,22,23)(H,24,28)/t13-,17+,18-/m1/s1. The highest BCUT2D eigenvalue weighted by atomic mass is 32.2. The fourth-order valence-corrected chi connectivity index (χ4v) is 4.38. The van der Waals surface area contributed by atoms with Gasteiger partial charge in [0.05, 0.1) is 12.6 Å². The van der Waals surface area contributed by atoms with Crippen molar-refractivity contribution in [3.05, 3.63) is 59.8 Å². The minimum Gasteiger partial charge on any atom is -0.464 e. The van der Waals surface area contributed by atoms with Gasteiger partial charge >= 0.3 is 12.0 Å². The maximum absolute atomic E-state index is 12.8.